The van der Waals surface area contributed by atoms with E-state index in [0.29, 0.717) is 37.1 Å². The Morgan fingerprint density at radius 3 is 2.71 bits per heavy atom. The smallest absolute Gasteiger partial charge is 0.319 e. The summed E-state index contributed by atoms with van der Waals surface area (Å²) in [6.07, 6.45) is 1.11. The van der Waals surface area contributed by atoms with E-state index in [1.165, 1.54) is 11.1 Å². The van der Waals surface area contributed by atoms with Crippen LogP contribution in [0.1, 0.15) is 17.5 Å². The van der Waals surface area contributed by atoms with Crippen LogP contribution < -0.4 is 20.1 Å². The Morgan fingerprint density at radius 2 is 1.89 bits per heavy atom. The molecule has 1 fully saturated rings. The predicted octanol–water partition coefficient (Wildman–Crippen LogP) is 3.41. The Balaban J connectivity index is 1.21. The van der Waals surface area contributed by atoms with E-state index in [9.17, 15) is 4.79 Å². The van der Waals surface area contributed by atoms with Gasteiger partial charge in [-0.2, -0.15) is 0 Å². The molecule has 6 nitrogen and oxygen atoms in total. The Morgan fingerprint density at radius 1 is 1.11 bits per heavy atom. The number of benzene rings is 2. The number of fused-ring (bicyclic) bond motifs is 1. The first-order chi connectivity index (χ1) is 13.7. The molecule has 28 heavy (non-hydrogen) atoms. The number of ether oxygens (including phenoxy) is 2. The summed E-state index contributed by atoms with van der Waals surface area (Å²) in [4.78, 5) is 14.7. The average Bonchev–Trinajstić information content (AvgIpc) is 3.15. The Hall–Kier alpha value is -2.73. The van der Waals surface area contributed by atoms with Crippen molar-refractivity contribution >= 4 is 11.7 Å². The lowest BCUT2D eigenvalue weighted by molar-refractivity contribution is 0.171. The molecule has 4 rings (SSSR count). The first-order valence-electron chi connectivity index (χ1n) is 9.88. The minimum Gasteiger partial charge on any atom is -0.486 e. The van der Waals surface area contributed by atoms with E-state index in [2.05, 4.69) is 46.7 Å². The van der Waals surface area contributed by atoms with Gasteiger partial charge >= 0.3 is 6.03 Å². The summed E-state index contributed by atoms with van der Waals surface area (Å²) in [5, 5.41) is 5.87. The van der Waals surface area contributed by atoms with Gasteiger partial charge in [0.25, 0.3) is 0 Å². The maximum absolute atomic E-state index is 12.2. The number of carbonyl (C=O) groups excluding carboxylic acids is 1. The highest BCUT2D eigenvalue weighted by Gasteiger charge is 2.23. The molecule has 1 unspecified atom stereocenters. The fourth-order valence-corrected chi connectivity index (χ4v) is 3.71. The Bertz CT molecular complexity index is 822. The van der Waals surface area contributed by atoms with Crippen LogP contribution in [0.4, 0.5) is 10.5 Å². The van der Waals surface area contributed by atoms with Gasteiger partial charge in [0.05, 0.1) is 0 Å². The van der Waals surface area contributed by atoms with E-state index < -0.39 is 0 Å². The highest BCUT2D eigenvalue weighted by Crippen LogP contribution is 2.32. The maximum atomic E-state index is 12.2. The van der Waals surface area contributed by atoms with E-state index in [1.54, 1.807) is 6.07 Å². The van der Waals surface area contributed by atoms with Crippen LogP contribution in [0.15, 0.2) is 42.5 Å². The second-order valence-corrected chi connectivity index (χ2v) is 7.57. The molecular formula is C22H27N3O3. The van der Waals surface area contributed by atoms with Gasteiger partial charge in [-0.05, 0) is 43.5 Å². The van der Waals surface area contributed by atoms with Crippen molar-refractivity contribution in [3.05, 3.63) is 53.6 Å². The fraction of sp³-hybridized carbons (Fsp3) is 0.409. The average molecular weight is 381 g/mol. The standard InChI is InChI=1S/C22H27N3O3/c1-16-2-4-17(5-3-16)14-25-9-8-18(15-25)13-23-22(26)24-19-6-7-20-21(12-19)28-11-10-27-20/h2-7,12,18H,8-11,13-15H2,1H3,(H2,23,24,26). The first-order valence-corrected chi connectivity index (χ1v) is 9.88. The van der Waals surface area contributed by atoms with E-state index in [4.69, 9.17) is 9.47 Å². The Labute approximate surface area is 165 Å². The number of likely N-dealkylation sites (tertiary alicyclic amines) is 1. The molecule has 2 heterocycles. The highest BCUT2D eigenvalue weighted by molar-refractivity contribution is 5.89. The van der Waals surface area contributed by atoms with Gasteiger partial charge in [-0.3, -0.25) is 4.90 Å². The van der Waals surface area contributed by atoms with E-state index in [0.717, 1.165) is 31.8 Å². The van der Waals surface area contributed by atoms with Crippen LogP contribution in [-0.2, 0) is 6.54 Å². The van der Waals surface area contributed by atoms with Gasteiger partial charge in [-0.25, -0.2) is 4.79 Å². The molecular weight excluding hydrogens is 354 g/mol. The van der Waals surface area contributed by atoms with Crippen molar-refractivity contribution in [1.29, 1.82) is 0 Å². The fourth-order valence-electron chi connectivity index (χ4n) is 3.71. The van der Waals surface area contributed by atoms with Gasteiger partial charge in [0.15, 0.2) is 11.5 Å². The van der Waals surface area contributed by atoms with Crippen molar-refractivity contribution < 1.29 is 14.3 Å². The van der Waals surface area contributed by atoms with Crippen LogP contribution >= 0.6 is 0 Å². The van der Waals surface area contributed by atoms with Gasteiger partial charge < -0.3 is 20.1 Å². The Kier molecular flexibility index (Phi) is 5.67. The molecule has 2 amide bonds. The highest BCUT2D eigenvalue weighted by atomic mass is 16.6. The van der Waals surface area contributed by atoms with Gasteiger partial charge in [0.1, 0.15) is 13.2 Å². The minimum atomic E-state index is -0.186. The molecule has 1 atom stereocenters. The summed E-state index contributed by atoms with van der Waals surface area (Å²) < 4.78 is 11.1. The third-order valence-electron chi connectivity index (χ3n) is 5.25. The van der Waals surface area contributed by atoms with Crippen molar-refractivity contribution in [3.63, 3.8) is 0 Å². The van der Waals surface area contributed by atoms with Crippen LogP contribution in [0.25, 0.3) is 0 Å². The predicted molar refractivity (Wildman–Crippen MR) is 109 cm³/mol. The zero-order valence-electron chi connectivity index (χ0n) is 16.2. The number of hydrogen-bond donors (Lipinski definition) is 2. The van der Waals surface area contributed by atoms with Crippen LogP contribution in [0, 0.1) is 12.8 Å². The second kappa shape index (κ2) is 8.52. The molecule has 0 radical (unpaired) electrons. The van der Waals surface area contributed by atoms with E-state index in [-0.39, 0.29) is 6.03 Å². The number of nitrogens with one attached hydrogen (secondary N) is 2. The lowest BCUT2D eigenvalue weighted by Gasteiger charge is -2.19. The molecule has 2 aromatic carbocycles. The summed E-state index contributed by atoms with van der Waals surface area (Å²) >= 11 is 0. The third-order valence-corrected chi connectivity index (χ3v) is 5.25. The molecule has 0 saturated carbocycles. The molecule has 2 aliphatic rings. The molecule has 6 heteroatoms. The SMILES string of the molecule is Cc1ccc(CN2CCC(CNC(=O)Nc3ccc4c(c3)OCCO4)C2)cc1. The van der Waals surface area contributed by atoms with Crippen molar-refractivity contribution in [2.24, 2.45) is 5.92 Å². The maximum Gasteiger partial charge on any atom is 0.319 e. The quantitative estimate of drug-likeness (QED) is 0.833. The summed E-state index contributed by atoms with van der Waals surface area (Å²) in [7, 11) is 0. The van der Waals surface area contributed by atoms with E-state index >= 15 is 0 Å². The number of rotatable bonds is 5. The summed E-state index contributed by atoms with van der Waals surface area (Å²) in [5.74, 6) is 1.87. The number of nitrogens with zero attached hydrogens (tertiary/aromatic N) is 1. The lowest BCUT2D eigenvalue weighted by Crippen LogP contribution is -2.34. The van der Waals surface area contributed by atoms with Crippen LogP contribution in [-0.4, -0.2) is 43.8 Å². The first kappa shape index (κ1) is 18.6. The molecule has 2 aromatic rings. The zero-order chi connectivity index (χ0) is 19.3. The second-order valence-electron chi connectivity index (χ2n) is 7.57. The lowest BCUT2D eigenvalue weighted by atomic mass is 10.1. The third kappa shape index (κ3) is 4.75. The number of hydrogen-bond acceptors (Lipinski definition) is 4. The summed E-state index contributed by atoms with van der Waals surface area (Å²) in [6.45, 7) is 6.94. The number of urea groups is 1. The number of anilines is 1. The molecule has 148 valence electrons. The number of aryl methyl sites for hydroxylation is 1. The monoisotopic (exact) mass is 381 g/mol. The number of amides is 2. The molecule has 0 aliphatic carbocycles. The van der Waals surface area contributed by atoms with Crippen LogP contribution in [0.5, 0.6) is 11.5 Å². The van der Waals surface area contributed by atoms with E-state index in [1.807, 2.05) is 12.1 Å². The van der Waals surface area contributed by atoms with Gasteiger partial charge in [0.2, 0.25) is 0 Å². The van der Waals surface area contributed by atoms with Gasteiger partial charge in [-0.1, -0.05) is 29.8 Å². The molecule has 2 N–H and O–H groups in total. The van der Waals surface area contributed by atoms with Crippen molar-refractivity contribution in [2.75, 3.05) is 38.2 Å². The van der Waals surface area contributed by atoms with Crippen LogP contribution in [0.2, 0.25) is 0 Å². The molecule has 1 saturated heterocycles. The molecule has 0 bridgehead atoms. The van der Waals surface area contributed by atoms with Crippen LogP contribution in [0.3, 0.4) is 0 Å². The van der Waals surface area contributed by atoms with Crippen molar-refractivity contribution in [1.82, 2.24) is 10.2 Å². The summed E-state index contributed by atoms with van der Waals surface area (Å²) in [5.41, 5.74) is 3.33. The number of carbonyl (C=O) groups is 1. The molecule has 2 aliphatic heterocycles. The minimum absolute atomic E-state index is 0.186. The van der Waals surface area contributed by atoms with Crippen molar-refractivity contribution in [2.45, 2.75) is 19.9 Å². The molecule has 0 spiro atoms. The van der Waals surface area contributed by atoms with Gasteiger partial charge in [0, 0.05) is 31.4 Å². The normalized spacial score (nSPS) is 18.7. The zero-order valence-corrected chi connectivity index (χ0v) is 16.2. The van der Waals surface area contributed by atoms with Crippen molar-refractivity contribution in [3.8, 4) is 11.5 Å². The largest absolute Gasteiger partial charge is 0.486 e. The summed E-state index contributed by atoms with van der Waals surface area (Å²) in [6, 6.07) is 14.0. The topological polar surface area (TPSA) is 62.8 Å². The molecule has 0 aromatic heterocycles. The van der Waals surface area contributed by atoms with Gasteiger partial charge in [-0.15, -0.1) is 0 Å².